The molecule has 7 N–H and O–H groups in total. The number of aliphatic hydroxyl groups excluding tert-OH is 5. The lowest BCUT2D eigenvalue weighted by molar-refractivity contribution is -0.274. The van der Waals surface area contributed by atoms with E-state index in [-0.39, 0.29) is 37.2 Å². The van der Waals surface area contributed by atoms with Crippen LogP contribution < -0.4 is 10.2 Å². The second kappa shape index (κ2) is 14.9. The van der Waals surface area contributed by atoms with E-state index in [4.69, 9.17) is 4.74 Å². The summed E-state index contributed by atoms with van der Waals surface area (Å²) in [5.74, 6) is -2.38. The summed E-state index contributed by atoms with van der Waals surface area (Å²) in [5.41, 5.74) is 1.88. The van der Waals surface area contributed by atoms with Gasteiger partial charge in [-0.25, -0.2) is 0 Å². The van der Waals surface area contributed by atoms with E-state index in [1.807, 2.05) is 24.3 Å². The van der Waals surface area contributed by atoms with Gasteiger partial charge in [0.1, 0.15) is 18.3 Å². The van der Waals surface area contributed by atoms with Crippen LogP contribution in [0.2, 0.25) is 0 Å². The number of ether oxygens (including phenoxy) is 1. The Bertz CT molecular complexity index is 1840. The first kappa shape index (κ1) is 36.8. The van der Waals surface area contributed by atoms with Crippen molar-refractivity contribution >= 4 is 45.0 Å². The van der Waals surface area contributed by atoms with Gasteiger partial charge >= 0.3 is 0 Å². The predicted octanol–water partition coefficient (Wildman–Crippen LogP) is 1.45. The SMILES string of the molecule is C[C@@H](/C=C/CC(=O)N1Cc2ccccc2C[C@H]1CO)[C@]1(O)C(=O)N(Cc2cccc(NC(=O)[C@H]3O[C@@H](O)[C@H](O)[C@@H](O)[C@@H]3O)c2)c2ccc(Br)cc21. The number of anilines is 2. The van der Waals surface area contributed by atoms with E-state index in [9.17, 15) is 45.0 Å². The number of benzene rings is 3. The molecule has 1 fully saturated rings. The molecule has 13 nitrogen and oxygen atoms in total. The quantitative estimate of drug-likeness (QED) is 0.157. The summed E-state index contributed by atoms with van der Waals surface area (Å²) in [4.78, 5) is 43.4. The maximum atomic E-state index is 14.1. The second-order valence-corrected chi connectivity index (χ2v) is 14.1. The van der Waals surface area contributed by atoms with Crippen molar-refractivity contribution in [2.45, 2.75) is 75.2 Å². The Morgan fingerprint density at radius 2 is 1.76 bits per heavy atom. The number of nitrogens with one attached hydrogen (secondary N) is 1. The normalized spacial score (nSPS) is 28.0. The van der Waals surface area contributed by atoms with Crippen LogP contribution >= 0.6 is 15.9 Å². The zero-order valence-electron chi connectivity index (χ0n) is 27.7. The van der Waals surface area contributed by atoms with Gasteiger partial charge in [-0.15, -0.1) is 0 Å². The minimum absolute atomic E-state index is 0.0135. The summed E-state index contributed by atoms with van der Waals surface area (Å²) in [5, 5.41) is 64.4. The zero-order valence-corrected chi connectivity index (χ0v) is 29.3. The third-order valence-electron chi connectivity index (χ3n) is 9.88. The number of hydrogen-bond donors (Lipinski definition) is 7. The summed E-state index contributed by atoms with van der Waals surface area (Å²) >= 11 is 3.45. The third-order valence-corrected chi connectivity index (χ3v) is 10.4. The highest BCUT2D eigenvalue weighted by molar-refractivity contribution is 9.10. The Kier molecular flexibility index (Phi) is 10.8. The minimum Gasteiger partial charge on any atom is -0.394 e. The molecule has 3 aromatic rings. The molecule has 8 atom stereocenters. The van der Waals surface area contributed by atoms with Gasteiger partial charge in [0.25, 0.3) is 11.8 Å². The summed E-state index contributed by atoms with van der Waals surface area (Å²) in [7, 11) is 0. The van der Waals surface area contributed by atoms with Gasteiger partial charge in [-0.05, 0) is 53.4 Å². The van der Waals surface area contributed by atoms with Gasteiger partial charge in [0, 0.05) is 34.6 Å². The standard InChI is InChI=1S/C37H40BrN3O10/c1-20(6-4-11-29(43)40-18-23-9-3-2-8-22(23)15-26(40)19-42)37(50)27-16-24(38)12-13-28(27)41(36(37)49)17-21-7-5-10-25(14-21)39-34(47)33-31(45)30(44)32(46)35(48)51-33/h2-10,12-14,16,20,26,30-33,35,42,44-46,48,50H,11,15,17-19H2,1H3,(H,39,47)/b6-4+/t20-,26-,30-,31-,32+,33-,35+,37+/m0/s1. The molecular weight excluding hydrogens is 726 g/mol. The summed E-state index contributed by atoms with van der Waals surface area (Å²) in [6.45, 7) is 1.94. The van der Waals surface area contributed by atoms with Crippen molar-refractivity contribution in [1.29, 1.82) is 0 Å². The van der Waals surface area contributed by atoms with E-state index in [0.717, 1.165) is 11.1 Å². The van der Waals surface area contributed by atoms with Crippen LogP contribution in [0.25, 0.3) is 0 Å². The maximum absolute atomic E-state index is 14.1. The van der Waals surface area contributed by atoms with E-state index < -0.39 is 54.0 Å². The van der Waals surface area contributed by atoms with Crippen molar-refractivity contribution in [2.24, 2.45) is 5.92 Å². The van der Waals surface area contributed by atoms with Gasteiger partial charge in [-0.2, -0.15) is 0 Å². The largest absolute Gasteiger partial charge is 0.394 e. The van der Waals surface area contributed by atoms with Crippen LogP contribution in [-0.4, -0.2) is 96.6 Å². The molecule has 0 aliphatic carbocycles. The molecule has 0 bridgehead atoms. The third kappa shape index (κ3) is 7.10. The first-order valence-corrected chi connectivity index (χ1v) is 17.4. The molecule has 3 aliphatic rings. The monoisotopic (exact) mass is 765 g/mol. The summed E-state index contributed by atoms with van der Waals surface area (Å²) < 4.78 is 5.67. The lowest BCUT2D eigenvalue weighted by atomic mass is 9.83. The summed E-state index contributed by atoms with van der Waals surface area (Å²) in [6, 6.07) is 19.2. The number of rotatable bonds is 9. The van der Waals surface area contributed by atoms with Crippen LogP contribution in [0.4, 0.5) is 11.4 Å². The van der Waals surface area contributed by atoms with Gasteiger partial charge in [0.15, 0.2) is 18.0 Å². The lowest BCUT2D eigenvalue weighted by Gasteiger charge is -2.37. The van der Waals surface area contributed by atoms with E-state index >= 15 is 0 Å². The maximum Gasteiger partial charge on any atom is 0.264 e. The molecule has 0 saturated carbocycles. The van der Waals surface area contributed by atoms with Crippen molar-refractivity contribution < 1.29 is 49.8 Å². The zero-order chi connectivity index (χ0) is 36.6. The smallest absolute Gasteiger partial charge is 0.264 e. The Morgan fingerprint density at radius 3 is 2.51 bits per heavy atom. The van der Waals surface area contributed by atoms with E-state index in [2.05, 4.69) is 21.2 Å². The number of aliphatic hydroxyl groups is 6. The molecule has 0 unspecified atom stereocenters. The van der Waals surface area contributed by atoms with Crippen LogP contribution in [0.5, 0.6) is 0 Å². The van der Waals surface area contributed by atoms with Crippen LogP contribution in [0.1, 0.15) is 35.6 Å². The second-order valence-electron chi connectivity index (χ2n) is 13.2. The molecule has 51 heavy (non-hydrogen) atoms. The number of hydrogen-bond acceptors (Lipinski definition) is 10. The molecule has 3 heterocycles. The molecule has 270 valence electrons. The van der Waals surface area contributed by atoms with E-state index in [0.29, 0.717) is 34.3 Å². The molecule has 6 rings (SSSR count). The Balaban J connectivity index is 1.16. The topological polar surface area (TPSA) is 200 Å². The van der Waals surface area contributed by atoms with Crippen molar-refractivity contribution in [2.75, 3.05) is 16.8 Å². The van der Waals surface area contributed by atoms with Gasteiger partial charge in [-0.1, -0.05) is 71.4 Å². The lowest BCUT2D eigenvalue weighted by Crippen LogP contribution is -2.60. The average molecular weight is 767 g/mol. The molecular formula is C37H40BrN3O10. The van der Waals surface area contributed by atoms with Crippen LogP contribution in [0, 0.1) is 5.92 Å². The van der Waals surface area contributed by atoms with Gasteiger partial charge in [0.2, 0.25) is 5.91 Å². The Hall–Kier alpha value is -3.99. The van der Waals surface area contributed by atoms with Gasteiger partial charge in [0.05, 0.1) is 24.9 Å². The first-order chi connectivity index (χ1) is 24.3. The number of amides is 3. The fourth-order valence-corrected chi connectivity index (χ4v) is 7.33. The fourth-order valence-electron chi connectivity index (χ4n) is 6.97. The Morgan fingerprint density at radius 1 is 1.02 bits per heavy atom. The van der Waals surface area contributed by atoms with Crippen LogP contribution in [0.3, 0.4) is 0 Å². The molecule has 0 radical (unpaired) electrons. The number of carbonyl (C=O) groups excluding carboxylic acids is 3. The minimum atomic E-state index is -1.97. The molecule has 3 amide bonds. The average Bonchev–Trinajstić information content (AvgIpc) is 3.33. The first-order valence-electron chi connectivity index (χ1n) is 16.6. The van der Waals surface area contributed by atoms with Crippen LogP contribution in [0.15, 0.2) is 83.4 Å². The fraction of sp³-hybridized carbons (Fsp3) is 0.378. The highest BCUT2D eigenvalue weighted by Gasteiger charge is 2.52. The predicted molar refractivity (Wildman–Crippen MR) is 188 cm³/mol. The highest BCUT2D eigenvalue weighted by Crippen LogP contribution is 2.47. The summed E-state index contributed by atoms with van der Waals surface area (Å²) in [6.07, 6.45) is -5.06. The van der Waals surface area contributed by atoms with Crippen molar-refractivity contribution in [3.8, 4) is 0 Å². The molecule has 1 saturated heterocycles. The van der Waals surface area contributed by atoms with Gasteiger partial charge < -0.3 is 50.5 Å². The van der Waals surface area contributed by atoms with Gasteiger partial charge in [-0.3, -0.25) is 14.4 Å². The van der Waals surface area contributed by atoms with E-state index in [1.54, 1.807) is 66.4 Å². The van der Waals surface area contributed by atoms with Crippen molar-refractivity contribution in [3.05, 3.63) is 106 Å². The van der Waals surface area contributed by atoms with Crippen molar-refractivity contribution in [3.63, 3.8) is 0 Å². The van der Waals surface area contributed by atoms with Crippen molar-refractivity contribution in [1.82, 2.24) is 4.90 Å². The molecule has 14 heteroatoms. The van der Waals surface area contributed by atoms with Crippen LogP contribution in [-0.2, 0) is 44.2 Å². The number of carbonyl (C=O) groups is 3. The Labute approximate surface area is 302 Å². The number of nitrogens with zero attached hydrogens (tertiary/aromatic N) is 2. The van der Waals surface area contributed by atoms with E-state index in [1.165, 1.54) is 4.90 Å². The molecule has 3 aliphatic heterocycles. The molecule has 0 spiro atoms. The number of fused-ring (bicyclic) bond motifs is 2. The highest BCUT2D eigenvalue weighted by atomic mass is 79.9. The molecule has 3 aromatic carbocycles. The number of halogens is 1. The molecule has 0 aromatic heterocycles.